The van der Waals surface area contributed by atoms with Crippen LogP contribution in [0.4, 0.5) is 0 Å². The third-order valence-electron chi connectivity index (χ3n) is 3.35. The van der Waals surface area contributed by atoms with Gasteiger partial charge in [-0.3, -0.25) is 4.90 Å². The molecule has 1 aliphatic heterocycles. The minimum absolute atomic E-state index is 0.215. The van der Waals surface area contributed by atoms with E-state index in [9.17, 15) is 0 Å². The highest BCUT2D eigenvalue weighted by Gasteiger charge is 2.39. The lowest BCUT2D eigenvalue weighted by Gasteiger charge is -2.43. The van der Waals surface area contributed by atoms with Gasteiger partial charge in [-0.05, 0) is 39.3 Å². The molecule has 0 amide bonds. The number of piperidine rings is 1. The molecule has 1 heterocycles. The smallest absolute Gasteiger partial charge is 0.108 e. The third kappa shape index (κ3) is 1.34. The lowest BCUT2D eigenvalue weighted by molar-refractivity contribution is 0.0739. The van der Waals surface area contributed by atoms with E-state index in [2.05, 4.69) is 31.9 Å². The number of hydrogen-bond acceptors (Lipinski definition) is 2. The highest BCUT2D eigenvalue weighted by molar-refractivity contribution is 5.09. The van der Waals surface area contributed by atoms with E-state index >= 15 is 0 Å². The van der Waals surface area contributed by atoms with Crippen LogP contribution in [0, 0.1) is 17.2 Å². The lowest BCUT2D eigenvalue weighted by atomic mass is 9.77. The normalized spacial score (nSPS) is 37.7. The van der Waals surface area contributed by atoms with Crippen molar-refractivity contribution < 1.29 is 0 Å². The third-order valence-corrected chi connectivity index (χ3v) is 3.35. The predicted molar refractivity (Wildman–Crippen MR) is 49.7 cm³/mol. The number of hydrogen-bond donors (Lipinski definition) is 0. The van der Waals surface area contributed by atoms with Crippen molar-refractivity contribution in [3.05, 3.63) is 0 Å². The molecule has 2 atom stereocenters. The molecule has 0 aromatic heterocycles. The monoisotopic (exact) mass is 166 g/mol. The Balaban J connectivity index is 2.81. The van der Waals surface area contributed by atoms with E-state index < -0.39 is 0 Å². The van der Waals surface area contributed by atoms with E-state index in [1.54, 1.807) is 0 Å². The van der Waals surface area contributed by atoms with Crippen LogP contribution in [0.25, 0.3) is 0 Å². The van der Waals surface area contributed by atoms with Crippen molar-refractivity contribution in [2.75, 3.05) is 13.6 Å². The van der Waals surface area contributed by atoms with Gasteiger partial charge in [-0.1, -0.05) is 13.3 Å². The van der Waals surface area contributed by atoms with Gasteiger partial charge in [0.1, 0.15) is 5.54 Å². The van der Waals surface area contributed by atoms with Gasteiger partial charge in [0, 0.05) is 0 Å². The minimum Gasteiger partial charge on any atom is -0.289 e. The molecule has 12 heavy (non-hydrogen) atoms. The van der Waals surface area contributed by atoms with Gasteiger partial charge in [0.2, 0.25) is 0 Å². The van der Waals surface area contributed by atoms with E-state index in [1.165, 1.54) is 12.8 Å². The second-order valence-corrected chi connectivity index (χ2v) is 3.93. The van der Waals surface area contributed by atoms with Crippen LogP contribution in [0.15, 0.2) is 0 Å². The Morgan fingerprint density at radius 3 is 2.75 bits per heavy atom. The predicted octanol–water partition coefficient (Wildman–Crippen LogP) is 2.02. The maximum absolute atomic E-state index is 9.13. The van der Waals surface area contributed by atoms with Crippen LogP contribution in [0.2, 0.25) is 0 Å². The first-order chi connectivity index (χ1) is 5.65. The molecule has 1 fully saturated rings. The summed E-state index contributed by atoms with van der Waals surface area (Å²) in [5, 5.41) is 9.13. The number of nitrogens with zero attached hydrogens (tertiary/aromatic N) is 2. The fraction of sp³-hybridized carbons (Fsp3) is 0.900. The molecule has 0 aliphatic carbocycles. The van der Waals surface area contributed by atoms with Gasteiger partial charge in [0.05, 0.1) is 6.07 Å². The fourth-order valence-corrected chi connectivity index (χ4v) is 2.18. The molecule has 1 aliphatic rings. The molecule has 0 spiro atoms. The zero-order chi connectivity index (χ0) is 9.19. The van der Waals surface area contributed by atoms with E-state index in [4.69, 9.17) is 5.26 Å². The molecule has 2 heteroatoms. The number of likely N-dealkylation sites (tertiary alicyclic amines) is 1. The first kappa shape index (κ1) is 9.54. The Kier molecular flexibility index (Phi) is 2.74. The van der Waals surface area contributed by atoms with Crippen molar-refractivity contribution in [2.24, 2.45) is 5.92 Å². The van der Waals surface area contributed by atoms with Gasteiger partial charge in [-0.25, -0.2) is 0 Å². The summed E-state index contributed by atoms with van der Waals surface area (Å²) in [6, 6.07) is 2.46. The van der Waals surface area contributed by atoms with Gasteiger partial charge in [0.25, 0.3) is 0 Å². The maximum Gasteiger partial charge on any atom is 0.108 e. The average molecular weight is 166 g/mol. The zero-order valence-electron chi connectivity index (χ0n) is 8.30. The van der Waals surface area contributed by atoms with Crippen LogP contribution >= 0.6 is 0 Å². The Labute approximate surface area is 75.2 Å². The Morgan fingerprint density at radius 1 is 1.67 bits per heavy atom. The van der Waals surface area contributed by atoms with Gasteiger partial charge < -0.3 is 0 Å². The van der Waals surface area contributed by atoms with Crippen LogP contribution in [-0.4, -0.2) is 24.0 Å². The van der Waals surface area contributed by atoms with E-state index in [0.717, 1.165) is 13.0 Å². The van der Waals surface area contributed by atoms with E-state index in [1.807, 2.05) is 0 Å². The summed E-state index contributed by atoms with van der Waals surface area (Å²) in [5.41, 5.74) is -0.215. The molecular formula is C10H18N2. The highest BCUT2D eigenvalue weighted by atomic mass is 15.2. The molecule has 1 rings (SSSR count). The molecule has 0 radical (unpaired) electrons. The molecule has 0 saturated carbocycles. The Bertz CT molecular complexity index is 195. The molecule has 0 aromatic rings. The SMILES string of the molecule is CCC1CCCN(C)C1(C)C#N. The van der Waals surface area contributed by atoms with Crippen LogP contribution in [0.1, 0.15) is 33.1 Å². The number of nitriles is 1. The van der Waals surface area contributed by atoms with Gasteiger partial charge in [0.15, 0.2) is 0 Å². The van der Waals surface area contributed by atoms with Crippen LogP contribution in [0.5, 0.6) is 0 Å². The summed E-state index contributed by atoms with van der Waals surface area (Å²) < 4.78 is 0. The zero-order valence-corrected chi connectivity index (χ0v) is 8.30. The van der Waals surface area contributed by atoms with Crippen LogP contribution in [-0.2, 0) is 0 Å². The molecule has 0 bridgehead atoms. The average Bonchev–Trinajstić information content (AvgIpc) is 2.10. The van der Waals surface area contributed by atoms with Crippen molar-refractivity contribution in [3.63, 3.8) is 0 Å². The first-order valence-corrected chi connectivity index (χ1v) is 4.77. The fourth-order valence-electron chi connectivity index (χ4n) is 2.18. The van der Waals surface area contributed by atoms with Gasteiger partial charge in [-0.2, -0.15) is 5.26 Å². The van der Waals surface area contributed by atoms with Crippen LogP contribution in [0.3, 0.4) is 0 Å². The summed E-state index contributed by atoms with van der Waals surface area (Å²) in [7, 11) is 2.06. The van der Waals surface area contributed by atoms with Crippen molar-refractivity contribution in [2.45, 2.75) is 38.6 Å². The maximum atomic E-state index is 9.13. The second-order valence-electron chi connectivity index (χ2n) is 3.93. The molecule has 2 unspecified atom stereocenters. The summed E-state index contributed by atoms with van der Waals surface area (Å²) in [6.45, 7) is 5.32. The Hall–Kier alpha value is -0.550. The topological polar surface area (TPSA) is 27.0 Å². The van der Waals surface area contributed by atoms with Crippen molar-refractivity contribution in [1.82, 2.24) is 4.90 Å². The lowest BCUT2D eigenvalue weighted by Crippen LogP contribution is -2.52. The number of rotatable bonds is 1. The Morgan fingerprint density at radius 2 is 2.33 bits per heavy atom. The second kappa shape index (κ2) is 3.45. The van der Waals surface area contributed by atoms with Gasteiger partial charge >= 0.3 is 0 Å². The van der Waals surface area contributed by atoms with Crippen molar-refractivity contribution >= 4 is 0 Å². The minimum atomic E-state index is -0.215. The van der Waals surface area contributed by atoms with E-state index in [0.29, 0.717) is 5.92 Å². The van der Waals surface area contributed by atoms with Crippen molar-refractivity contribution in [1.29, 1.82) is 5.26 Å². The summed E-state index contributed by atoms with van der Waals surface area (Å²) in [4.78, 5) is 2.20. The first-order valence-electron chi connectivity index (χ1n) is 4.77. The molecular weight excluding hydrogens is 148 g/mol. The standard InChI is InChI=1S/C10H18N2/c1-4-9-6-5-7-12(3)10(9,2)8-11/h9H,4-7H2,1-3H3. The van der Waals surface area contributed by atoms with Crippen LogP contribution < -0.4 is 0 Å². The van der Waals surface area contributed by atoms with Gasteiger partial charge in [-0.15, -0.1) is 0 Å². The van der Waals surface area contributed by atoms with Crippen molar-refractivity contribution in [3.8, 4) is 6.07 Å². The molecule has 2 nitrogen and oxygen atoms in total. The quantitative estimate of drug-likeness (QED) is 0.596. The summed E-state index contributed by atoms with van der Waals surface area (Å²) in [6.07, 6.45) is 3.57. The summed E-state index contributed by atoms with van der Waals surface area (Å²) in [5.74, 6) is 0.557. The highest BCUT2D eigenvalue weighted by Crippen LogP contribution is 2.33. The molecule has 1 saturated heterocycles. The largest absolute Gasteiger partial charge is 0.289 e. The molecule has 68 valence electrons. The summed E-state index contributed by atoms with van der Waals surface area (Å²) >= 11 is 0. The molecule has 0 aromatic carbocycles. The molecule has 0 N–H and O–H groups in total. The van der Waals surface area contributed by atoms with E-state index in [-0.39, 0.29) is 5.54 Å².